The van der Waals surface area contributed by atoms with Crippen molar-refractivity contribution < 1.29 is 0 Å². The summed E-state index contributed by atoms with van der Waals surface area (Å²) in [5.41, 5.74) is 7.23. The minimum absolute atomic E-state index is 0.263. The number of allylic oxidation sites excluding steroid dienone is 1. The first-order valence-electron chi connectivity index (χ1n) is 4.28. The van der Waals surface area contributed by atoms with E-state index < -0.39 is 0 Å². The van der Waals surface area contributed by atoms with Gasteiger partial charge < -0.3 is 5.73 Å². The topological polar surface area (TPSA) is 26.0 Å². The fraction of sp³-hybridized carbons (Fsp3) is 0.800. The zero-order valence-corrected chi connectivity index (χ0v) is 8.44. The first-order chi connectivity index (χ1) is 4.87. The van der Waals surface area contributed by atoms with E-state index in [1.807, 2.05) is 0 Å². The fourth-order valence-electron chi connectivity index (χ4n) is 1.02. The van der Waals surface area contributed by atoms with Crippen LogP contribution in [0.15, 0.2) is 11.6 Å². The van der Waals surface area contributed by atoms with Crippen LogP contribution in [0.5, 0.6) is 0 Å². The van der Waals surface area contributed by atoms with Crippen LogP contribution in [0.4, 0.5) is 0 Å². The maximum atomic E-state index is 5.61. The Kier molecular flexibility index (Phi) is 3.81. The molecule has 2 N–H and O–H groups in total. The summed E-state index contributed by atoms with van der Waals surface area (Å²) in [5, 5.41) is 0. The Hall–Kier alpha value is -0.300. The second kappa shape index (κ2) is 3.91. The number of hydrogen-bond donors (Lipinski definition) is 1. The van der Waals surface area contributed by atoms with E-state index in [-0.39, 0.29) is 5.41 Å². The van der Waals surface area contributed by atoms with E-state index in [9.17, 15) is 0 Å². The van der Waals surface area contributed by atoms with Crippen molar-refractivity contribution in [2.24, 2.45) is 17.1 Å². The highest BCUT2D eigenvalue weighted by molar-refractivity contribution is 5.10. The maximum absolute atomic E-state index is 5.61. The van der Waals surface area contributed by atoms with Gasteiger partial charge in [-0.15, -0.1) is 0 Å². The number of nitrogens with two attached hydrogens (primary N) is 1. The molecular formula is C10H21N. The molecule has 0 unspecified atom stereocenters. The van der Waals surface area contributed by atoms with E-state index in [1.54, 1.807) is 0 Å². The minimum atomic E-state index is 0.263. The molecule has 0 rings (SSSR count). The lowest BCUT2D eigenvalue weighted by Crippen LogP contribution is -2.12. The van der Waals surface area contributed by atoms with Gasteiger partial charge in [0.05, 0.1) is 0 Å². The highest BCUT2D eigenvalue weighted by Gasteiger charge is 2.09. The minimum Gasteiger partial charge on any atom is -0.327 e. The summed E-state index contributed by atoms with van der Waals surface area (Å²) in [7, 11) is 0. The molecule has 0 aliphatic carbocycles. The molecule has 1 nitrogen and oxygen atoms in total. The van der Waals surface area contributed by atoms with E-state index in [0.29, 0.717) is 12.5 Å². The highest BCUT2D eigenvalue weighted by atomic mass is 14.5. The molecule has 0 spiro atoms. The summed E-state index contributed by atoms with van der Waals surface area (Å²) >= 11 is 0. The van der Waals surface area contributed by atoms with Crippen molar-refractivity contribution in [3.05, 3.63) is 11.6 Å². The van der Waals surface area contributed by atoms with Crippen LogP contribution in [0.2, 0.25) is 0 Å². The van der Waals surface area contributed by atoms with Crippen molar-refractivity contribution in [2.75, 3.05) is 6.54 Å². The van der Waals surface area contributed by atoms with E-state index in [4.69, 9.17) is 5.73 Å². The molecule has 0 bridgehead atoms. The summed E-state index contributed by atoms with van der Waals surface area (Å²) in [6.07, 6.45) is 2.28. The maximum Gasteiger partial charge on any atom is 0.0139 e. The van der Waals surface area contributed by atoms with Crippen LogP contribution in [0.25, 0.3) is 0 Å². The zero-order valence-electron chi connectivity index (χ0n) is 8.44. The molecule has 0 saturated carbocycles. The lowest BCUT2D eigenvalue weighted by atomic mass is 9.90. The molecular weight excluding hydrogens is 134 g/mol. The molecule has 0 aliphatic rings. The molecule has 0 radical (unpaired) electrons. The Morgan fingerprint density at radius 3 is 1.91 bits per heavy atom. The number of hydrogen-bond acceptors (Lipinski definition) is 1. The van der Waals surface area contributed by atoms with Crippen molar-refractivity contribution in [2.45, 2.75) is 34.6 Å². The summed E-state index contributed by atoms with van der Waals surface area (Å²) in [6, 6.07) is 0. The lowest BCUT2D eigenvalue weighted by molar-refractivity contribution is 0.529. The third-order valence-corrected chi connectivity index (χ3v) is 1.60. The first-order valence-corrected chi connectivity index (χ1v) is 4.28. The SMILES string of the molecule is CC(C)C(=CC(C)(C)C)CN. The van der Waals surface area contributed by atoms with Gasteiger partial charge in [0, 0.05) is 6.54 Å². The van der Waals surface area contributed by atoms with E-state index in [1.165, 1.54) is 5.57 Å². The van der Waals surface area contributed by atoms with Crippen LogP contribution in [0.1, 0.15) is 34.6 Å². The quantitative estimate of drug-likeness (QED) is 0.609. The molecule has 0 aliphatic heterocycles. The van der Waals surface area contributed by atoms with Crippen molar-refractivity contribution in [1.82, 2.24) is 0 Å². The third-order valence-electron chi connectivity index (χ3n) is 1.60. The Morgan fingerprint density at radius 1 is 1.36 bits per heavy atom. The molecule has 1 heteroatoms. The van der Waals surface area contributed by atoms with Gasteiger partial charge >= 0.3 is 0 Å². The monoisotopic (exact) mass is 155 g/mol. The van der Waals surface area contributed by atoms with Crippen LogP contribution in [0, 0.1) is 11.3 Å². The Bertz CT molecular complexity index is 137. The van der Waals surface area contributed by atoms with Crippen molar-refractivity contribution in [1.29, 1.82) is 0 Å². The predicted octanol–water partition coefficient (Wildman–Crippen LogP) is 2.57. The molecule has 0 aromatic rings. The third kappa shape index (κ3) is 5.02. The molecule has 0 fully saturated rings. The van der Waals surface area contributed by atoms with Crippen LogP contribution in [-0.2, 0) is 0 Å². The van der Waals surface area contributed by atoms with Gasteiger partial charge in [-0.1, -0.05) is 46.3 Å². The molecule has 0 amide bonds. The van der Waals surface area contributed by atoms with Gasteiger partial charge in [0.2, 0.25) is 0 Å². The van der Waals surface area contributed by atoms with E-state index >= 15 is 0 Å². The zero-order chi connectivity index (χ0) is 9.07. The average molecular weight is 155 g/mol. The van der Waals surface area contributed by atoms with E-state index in [2.05, 4.69) is 40.7 Å². The van der Waals surface area contributed by atoms with Crippen LogP contribution in [-0.4, -0.2) is 6.54 Å². The molecule has 0 aromatic carbocycles. The smallest absolute Gasteiger partial charge is 0.0139 e. The van der Waals surface area contributed by atoms with E-state index in [0.717, 1.165) is 0 Å². The van der Waals surface area contributed by atoms with Crippen LogP contribution >= 0.6 is 0 Å². The molecule has 0 saturated heterocycles. The molecule has 0 aromatic heterocycles. The highest BCUT2D eigenvalue weighted by Crippen LogP contribution is 2.20. The van der Waals surface area contributed by atoms with Gasteiger partial charge in [-0.05, 0) is 11.3 Å². The van der Waals surface area contributed by atoms with Crippen molar-refractivity contribution in [3.63, 3.8) is 0 Å². The van der Waals surface area contributed by atoms with Crippen molar-refractivity contribution in [3.8, 4) is 0 Å². The summed E-state index contributed by atoms with van der Waals surface area (Å²) in [6.45, 7) is 11.7. The van der Waals surface area contributed by atoms with Gasteiger partial charge in [-0.25, -0.2) is 0 Å². The summed E-state index contributed by atoms with van der Waals surface area (Å²) < 4.78 is 0. The Labute approximate surface area is 70.7 Å². The Balaban J connectivity index is 4.36. The second-order valence-corrected chi connectivity index (χ2v) is 4.44. The van der Waals surface area contributed by atoms with Crippen molar-refractivity contribution >= 4 is 0 Å². The van der Waals surface area contributed by atoms with Crippen LogP contribution in [0.3, 0.4) is 0 Å². The molecule has 11 heavy (non-hydrogen) atoms. The normalized spacial score (nSPS) is 14.3. The van der Waals surface area contributed by atoms with Gasteiger partial charge in [-0.2, -0.15) is 0 Å². The first kappa shape index (κ1) is 10.7. The fourth-order valence-corrected chi connectivity index (χ4v) is 1.02. The Morgan fingerprint density at radius 2 is 1.82 bits per heavy atom. The van der Waals surface area contributed by atoms with Gasteiger partial charge in [0.15, 0.2) is 0 Å². The second-order valence-electron chi connectivity index (χ2n) is 4.44. The van der Waals surface area contributed by atoms with Gasteiger partial charge in [-0.3, -0.25) is 0 Å². The standard InChI is InChI=1S/C10H21N/c1-8(2)9(7-11)6-10(3,4)5/h6,8H,7,11H2,1-5H3. The van der Waals surface area contributed by atoms with Crippen LogP contribution < -0.4 is 5.73 Å². The van der Waals surface area contributed by atoms with Gasteiger partial charge in [0.25, 0.3) is 0 Å². The molecule has 66 valence electrons. The average Bonchev–Trinajstić information content (AvgIpc) is 1.80. The predicted molar refractivity (Wildman–Crippen MR) is 51.4 cm³/mol. The summed E-state index contributed by atoms with van der Waals surface area (Å²) in [5.74, 6) is 0.583. The summed E-state index contributed by atoms with van der Waals surface area (Å²) in [4.78, 5) is 0. The lowest BCUT2D eigenvalue weighted by Gasteiger charge is -2.17. The van der Waals surface area contributed by atoms with Gasteiger partial charge in [0.1, 0.15) is 0 Å². The number of rotatable bonds is 2. The molecule has 0 atom stereocenters. The molecule has 0 heterocycles. The largest absolute Gasteiger partial charge is 0.327 e.